The molecule has 2 nitrogen and oxygen atoms in total. The van der Waals surface area contributed by atoms with Crippen LogP contribution in [0.15, 0.2) is 18.2 Å². The fourth-order valence-electron chi connectivity index (χ4n) is 1.32. The second-order valence-corrected chi connectivity index (χ2v) is 3.55. The molecule has 0 aliphatic carbocycles. The third-order valence-corrected chi connectivity index (χ3v) is 2.33. The molecule has 0 saturated carbocycles. The molecular formula is C13H17NO. The highest BCUT2D eigenvalue weighted by atomic mass is 16.1. The highest BCUT2D eigenvalue weighted by Crippen LogP contribution is 1.89. The molecule has 0 spiro atoms. The van der Waals surface area contributed by atoms with Crippen molar-refractivity contribution in [1.82, 2.24) is 5.32 Å². The van der Waals surface area contributed by atoms with Gasteiger partial charge in [0, 0.05) is 12.1 Å². The summed E-state index contributed by atoms with van der Waals surface area (Å²) in [4.78, 5) is 11.7. The van der Waals surface area contributed by atoms with Gasteiger partial charge in [0.25, 0.3) is 5.91 Å². The third kappa shape index (κ3) is 2.94. The molecule has 80 valence electrons. The van der Waals surface area contributed by atoms with Gasteiger partial charge in [0.15, 0.2) is 0 Å². The number of nitrogens with one attached hydrogen (secondary N) is 1. The van der Waals surface area contributed by atoms with Gasteiger partial charge in [-0.25, -0.2) is 0 Å². The summed E-state index contributed by atoms with van der Waals surface area (Å²) in [6.07, 6.45) is 2.08. The third-order valence-electron chi connectivity index (χ3n) is 2.33. The number of hydrogen-bond acceptors (Lipinski definition) is 1. The monoisotopic (exact) mass is 203 g/mol. The Morgan fingerprint density at radius 1 is 1.40 bits per heavy atom. The molecule has 1 N–H and O–H groups in total. The first-order chi connectivity index (χ1) is 7.16. The van der Waals surface area contributed by atoms with Gasteiger partial charge in [0.1, 0.15) is 0 Å². The summed E-state index contributed by atoms with van der Waals surface area (Å²) < 4.78 is 0. The second kappa shape index (κ2) is 5.35. The zero-order valence-electron chi connectivity index (χ0n) is 9.18. The van der Waals surface area contributed by atoms with Crippen LogP contribution in [0.1, 0.15) is 30.1 Å². The molecule has 0 heterocycles. The first kappa shape index (κ1) is 11.5. The molecule has 0 aliphatic heterocycles. The van der Waals surface area contributed by atoms with Gasteiger partial charge in [-0.2, -0.15) is 0 Å². The van der Waals surface area contributed by atoms with Gasteiger partial charge in [-0.15, -0.1) is 0 Å². The molecule has 2 heteroatoms. The van der Waals surface area contributed by atoms with Crippen LogP contribution < -0.4 is 15.8 Å². The van der Waals surface area contributed by atoms with E-state index in [1.54, 1.807) is 6.07 Å². The first-order valence-electron chi connectivity index (χ1n) is 5.22. The summed E-state index contributed by atoms with van der Waals surface area (Å²) in [6, 6.07) is 5.45. The Labute approximate surface area is 90.3 Å². The van der Waals surface area contributed by atoms with Crippen molar-refractivity contribution >= 4 is 19.1 Å². The second-order valence-electron chi connectivity index (χ2n) is 3.55. The van der Waals surface area contributed by atoms with Gasteiger partial charge in [0.05, 0.1) is 0 Å². The average molecular weight is 203 g/mol. The van der Waals surface area contributed by atoms with E-state index in [1.807, 2.05) is 12.1 Å². The SMILES string of the molecule is C=c1cccc(C(=O)NCCCC)c1=C. The number of unbranched alkanes of at least 4 members (excludes halogenated alkanes) is 1. The van der Waals surface area contributed by atoms with Crippen molar-refractivity contribution in [2.24, 2.45) is 0 Å². The molecule has 1 aromatic carbocycles. The normalized spacial score (nSPS) is 9.93. The van der Waals surface area contributed by atoms with Gasteiger partial charge < -0.3 is 5.32 Å². The fourth-order valence-corrected chi connectivity index (χ4v) is 1.32. The van der Waals surface area contributed by atoms with Crippen LogP contribution in [0.25, 0.3) is 13.2 Å². The van der Waals surface area contributed by atoms with Gasteiger partial charge in [-0.05, 0) is 22.9 Å². The topological polar surface area (TPSA) is 29.1 Å². The molecular weight excluding hydrogens is 186 g/mol. The van der Waals surface area contributed by atoms with E-state index < -0.39 is 0 Å². The molecule has 0 atom stereocenters. The van der Waals surface area contributed by atoms with Crippen LogP contribution in [0.2, 0.25) is 0 Å². The van der Waals surface area contributed by atoms with Gasteiger partial charge in [0.2, 0.25) is 0 Å². The Balaban J connectivity index is 2.79. The Hall–Kier alpha value is -1.57. The standard InChI is InChI=1S/C13H17NO/c1-4-5-9-14-13(15)12-8-6-7-10(2)11(12)3/h6-8H,2-5,9H2,1H3,(H,14,15). The molecule has 0 fully saturated rings. The summed E-state index contributed by atoms with van der Waals surface area (Å²) >= 11 is 0. The van der Waals surface area contributed by atoms with E-state index in [4.69, 9.17) is 0 Å². The molecule has 0 aromatic heterocycles. The lowest BCUT2D eigenvalue weighted by Crippen LogP contribution is -2.34. The molecule has 1 amide bonds. The first-order valence-corrected chi connectivity index (χ1v) is 5.22. The van der Waals surface area contributed by atoms with E-state index in [0.29, 0.717) is 10.8 Å². The number of hydrogen-bond donors (Lipinski definition) is 1. The van der Waals surface area contributed by atoms with Crippen molar-refractivity contribution in [2.45, 2.75) is 19.8 Å². The molecule has 0 unspecified atom stereocenters. The van der Waals surface area contributed by atoms with Crippen LogP contribution in [-0.2, 0) is 0 Å². The summed E-state index contributed by atoms with van der Waals surface area (Å²) in [5.41, 5.74) is 0.624. The largest absolute Gasteiger partial charge is 0.352 e. The van der Waals surface area contributed by atoms with Gasteiger partial charge in [-0.1, -0.05) is 38.6 Å². The zero-order valence-corrected chi connectivity index (χ0v) is 9.18. The number of carbonyl (C=O) groups is 1. The Morgan fingerprint density at radius 2 is 2.13 bits per heavy atom. The quantitative estimate of drug-likeness (QED) is 0.728. The molecule has 0 saturated heterocycles. The number of rotatable bonds is 4. The lowest BCUT2D eigenvalue weighted by atomic mass is 10.1. The molecule has 0 aliphatic rings. The van der Waals surface area contributed by atoms with Crippen LogP contribution in [0.5, 0.6) is 0 Å². The van der Waals surface area contributed by atoms with Crippen LogP contribution >= 0.6 is 0 Å². The zero-order chi connectivity index (χ0) is 11.3. The van der Waals surface area contributed by atoms with Crippen LogP contribution in [0, 0.1) is 0 Å². The van der Waals surface area contributed by atoms with E-state index in [0.717, 1.165) is 24.6 Å². The summed E-state index contributed by atoms with van der Waals surface area (Å²) in [5.74, 6) is -0.0565. The summed E-state index contributed by atoms with van der Waals surface area (Å²) in [6.45, 7) is 10.5. The van der Waals surface area contributed by atoms with Crippen LogP contribution in [-0.4, -0.2) is 12.5 Å². The molecule has 1 aromatic rings. The Bertz CT molecular complexity index is 436. The van der Waals surface area contributed by atoms with Crippen molar-refractivity contribution in [3.05, 3.63) is 34.2 Å². The van der Waals surface area contributed by atoms with Crippen LogP contribution in [0.4, 0.5) is 0 Å². The van der Waals surface area contributed by atoms with E-state index in [9.17, 15) is 4.79 Å². The predicted molar refractivity (Wildman–Crippen MR) is 64.0 cm³/mol. The molecule has 0 radical (unpaired) electrons. The maximum atomic E-state index is 11.7. The number of amides is 1. The minimum Gasteiger partial charge on any atom is -0.352 e. The van der Waals surface area contributed by atoms with Crippen molar-refractivity contribution in [3.63, 3.8) is 0 Å². The average Bonchev–Trinajstić information content (AvgIpc) is 2.22. The van der Waals surface area contributed by atoms with Gasteiger partial charge >= 0.3 is 0 Å². The van der Waals surface area contributed by atoms with Crippen LogP contribution in [0.3, 0.4) is 0 Å². The van der Waals surface area contributed by atoms with E-state index in [-0.39, 0.29) is 5.91 Å². The lowest BCUT2D eigenvalue weighted by molar-refractivity contribution is 0.0952. The summed E-state index contributed by atoms with van der Waals surface area (Å²) in [5, 5.41) is 4.38. The maximum absolute atomic E-state index is 11.7. The molecule has 15 heavy (non-hydrogen) atoms. The highest BCUT2D eigenvalue weighted by molar-refractivity contribution is 5.94. The maximum Gasteiger partial charge on any atom is 0.251 e. The minimum atomic E-state index is -0.0565. The number of carbonyl (C=O) groups excluding carboxylic acids is 1. The fraction of sp³-hybridized carbons (Fsp3) is 0.308. The highest BCUT2D eigenvalue weighted by Gasteiger charge is 2.04. The van der Waals surface area contributed by atoms with Crippen molar-refractivity contribution in [3.8, 4) is 0 Å². The Morgan fingerprint density at radius 3 is 2.80 bits per heavy atom. The van der Waals surface area contributed by atoms with E-state index in [1.165, 1.54) is 0 Å². The van der Waals surface area contributed by atoms with Gasteiger partial charge in [-0.3, -0.25) is 4.79 Å². The molecule has 1 rings (SSSR count). The lowest BCUT2D eigenvalue weighted by Gasteiger charge is -2.04. The van der Waals surface area contributed by atoms with E-state index >= 15 is 0 Å². The predicted octanol–water partition coefficient (Wildman–Crippen LogP) is 1.04. The minimum absolute atomic E-state index is 0.0565. The van der Waals surface area contributed by atoms with Crippen molar-refractivity contribution < 1.29 is 4.79 Å². The van der Waals surface area contributed by atoms with Crippen molar-refractivity contribution in [1.29, 1.82) is 0 Å². The molecule has 0 bridgehead atoms. The smallest absolute Gasteiger partial charge is 0.251 e. The van der Waals surface area contributed by atoms with Crippen molar-refractivity contribution in [2.75, 3.05) is 6.54 Å². The number of benzene rings is 1. The summed E-state index contributed by atoms with van der Waals surface area (Å²) in [7, 11) is 0. The Kier molecular flexibility index (Phi) is 4.10. The van der Waals surface area contributed by atoms with E-state index in [2.05, 4.69) is 25.4 Å².